The molecule has 0 radical (unpaired) electrons. The third-order valence-corrected chi connectivity index (χ3v) is 5.52. The highest BCUT2D eigenvalue weighted by Crippen LogP contribution is 2.21. The fourth-order valence-electron chi connectivity index (χ4n) is 3.78. The zero-order chi connectivity index (χ0) is 21.1. The Kier molecular flexibility index (Phi) is 5.61. The van der Waals surface area contributed by atoms with E-state index < -0.39 is 0 Å². The van der Waals surface area contributed by atoms with Crippen LogP contribution < -0.4 is 5.32 Å². The molecule has 7 heteroatoms. The number of aromatic nitrogens is 3. The van der Waals surface area contributed by atoms with Crippen LogP contribution in [0.2, 0.25) is 0 Å². The normalized spacial score (nSPS) is 16.3. The first-order chi connectivity index (χ1) is 14.5. The third kappa shape index (κ3) is 4.10. The summed E-state index contributed by atoms with van der Waals surface area (Å²) in [6.45, 7) is 4.97. The summed E-state index contributed by atoms with van der Waals surface area (Å²) in [5, 5.41) is 7.20. The Labute approximate surface area is 175 Å². The zero-order valence-corrected chi connectivity index (χ0v) is 17.2. The molecular formula is C23H25N5O2. The predicted octanol–water partition coefficient (Wildman–Crippen LogP) is 3.38. The summed E-state index contributed by atoms with van der Waals surface area (Å²) >= 11 is 0. The third-order valence-electron chi connectivity index (χ3n) is 5.52. The molecule has 1 aliphatic heterocycles. The lowest BCUT2D eigenvalue weighted by atomic mass is 9.96. The van der Waals surface area contributed by atoms with Gasteiger partial charge < -0.3 is 10.2 Å². The van der Waals surface area contributed by atoms with Gasteiger partial charge in [-0.05, 0) is 68.7 Å². The number of nitrogens with zero attached hydrogens (tertiary/aromatic N) is 4. The molecule has 2 aromatic heterocycles. The molecule has 0 aliphatic carbocycles. The molecule has 1 fully saturated rings. The van der Waals surface area contributed by atoms with Crippen LogP contribution in [-0.4, -0.2) is 44.6 Å². The van der Waals surface area contributed by atoms with Crippen molar-refractivity contribution >= 4 is 17.6 Å². The number of piperidine rings is 1. The van der Waals surface area contributed by atoms with Crippen LogP contribution in [-0.2, 0) is 4.79 Å². The Morgan fingerprint density at radius 2 is 1.87 bits per heavy atom. The Morgan fingerprint density at radius 1 is 1.07 bits per heavy atom. The van der Waals surface area contributed by atoms with Crippen LogP contribution in [0.3, 0.4) is 0 Å². The van der Waals surface area contributed by atoms with Crippen LogP contribution in [0.1, 0.15) is 34.5 Å². The topological polar surface area (TPSA) is 80.1 Å². The Bertz CT molecular complexity index is 1060. The average molecular weight is 403 g/mol. The quantitative estimate of drug-likeness (QED) is 0.724. The average Bonchev–Trinajstić information content (AvgIpc) is 3.21. The van der Waals surface area contributed by atoms with Crippen molar-refractivity contribution in [2.24, 2.45) is 5.92 Å². The highest BCUT2D eigenvalue weighted by molar-refractivity contribution is 5.96. The van der Waals surface area contributed by atoms with Gasteiger partial charge in [-0.2, -0.15) is 5.10 Å². The van der Waals surface area contributed by atoms with Gasteiger partial charge in [0.15, 0.2) is 0 Å². The predicted molar refractivity (Wildman–Crippen MR) is 115 cm³/mol. The van der Waals surface area contributed by atoms with Gasteiger partial charge in [0.2, 0.25) is 5.91 Å². The fraction of sp³-hybridized carbons (Fsp3) is 0.304. The maximum Gasteiger partial charge on any atom is 0.253 e. The van der Waals surface area contributed by atoms with Gasteiger partial charge in [0.25, 0.3) is 5.91 Å². The molecule has 30 heavy (non-hydrogen) atoms. The number of likely N-dealkylation sites (tertiary alicyclic amines) is 1. The van der Waals surface area contributed by atoms with Crippen molar-refractivity contribution in [3.63, 3.8) is 0 Å². The maximum absolute atomic E-state index is 13.0. The van der Waals surface area contributed by atoms with Crippen LogP contribution in [0, 0.1) is 19.8 Å². The first kappa shape index (κ1) is 19.8. The molecule has 0 bridgehead atoms. The molecule has 0 spiro atoms. The van der Waals surface area contributed by atoms with Crippen molar-refractivity contribution in [1.82, 2.24) is 19.7 Å². The van der Waals surface area contributed by atoms with Gasteiger partial charge >= 0.3 is 0 Å². The van der Waals surface area contributed by atoms with E-state index in [-0.39, 0.29) is 17.7 Å². The Balaban J connectivity index is 1.42. The van der Waals surface area contributed by atoms with Gasteiger partial charge in [-0.3, -0.25) is 9.59 Å². The molecule has 1 unspecified atom stereocenters. The Morgan fingerprint density at radius 3 is 2.57 bits per heavy atom. The monoisotopic (exact) mass is 403 g/mol. The standard InChI is InChI=1S/C23H25N5O2/c1-16-5-3-12-24-21(16)26-22(29)19-6-4-14-27(15-19)23(30)18-7-9-20(10-8-18)28-17(2)11-13-25-28/h3,5,7-13,19H,4,6,14-15H2,1-2H3,(H,24,26,29). The van der Waals surface area contributed by atoms with Gasteiger partial charge in [-0.25, -0.2) is 9.67 Å². The van der Waals surface area contributed by atoms with E-state index in [0.29, 0.717) is 24.5 Å². The van der Waals surface area contributed by atoms with E-state index in [4.69, 9.17) is 0 Å². The van der Waals surface area contributed by atoms with Crippen LogP contribution in [0.25, 0.3) is 5.69 Å². The van der Waals surface area contributed by atoms with Crippen LogP contribution >= 0.6 is 0 Å². The van der Waals surface area contributed by atoms with Gasteiger partial charge in [-0.1, -0.05) is 6.07 Å². The smallest absolute Gasteiger partial charge is 0.253 e. The van der Waals surface area contributed by atoms with Gasteiger partial charge in [0.1, 0.15) is 5.82 Å². The number of anilines is 1. The largest absolute Gasteiger partial charge is 0.338 e. The summed E-state index contributed by atoms with van der Waals surface area (Å²) < 4.78 is 1.83. The number of carbonyl (C=O) groups excluding carboxylic acids is 2. The van der Waals surface area contributed by atoms with Crippen LogP contribution in [0.5, 0.6) is 0 Å². The molecule has 154 valence electrons. The van der Waals surface area contributed by atoms with E-state index >= 15 is 0 Å². The minimum atomic E-state index is -0.241. The van der Waals surface area contributed by atoms with Crippen LogP contribution in [0.4, 0.5) is 5.82 Å². The first-order valence-corrected chi connectivity index (χ1v) is 10.2. The van der Waals surface area contributed by atoms with Crippen molar-refractivity contribution in [1.29, 1.82) is 0 Å². The Hall–Kier alpha value is -3.48. The molecule has 1 N–H and O–H groups in total. The number of hydrogen-bond acceptors (Lipinski definition) is 4. The lowest BCUT2D eigenvalue weighted by molar-refractivity contribution is -0.121. The van der Waals surface area contributed by atoms with E-state index in [1.54, 1.807) is 17.3 Å². The molecule has 4 rings (SSSR count). The second-order valence-electron chi connectivity index (χ2n) is 7.68. The zero-order valence-electron chi connectivity index (χ0n) is 17.2. The minimum Gasteiger partial charge on any atom is -0.338 e. The highest BCUT2D eigenvalue weighted by atomic mass is 16.2. The summed E-state index contributed by atoms with van der Waals surface area (Å²) in [5.74, 6) is 0.203. The number of benzene rings is 1. The molecule has 2 amide bonds. The lowest BCUT2D eigenvalue weighted by Crippen LogP contribution is -2.43. The molecule has 7 nitrogen and oxygen atoms in total. The molecule has 3 heterocycles. The maximum atomic E-state index is 13.0. The number of amides is 2. The van der Waals surface area contributed by atoms with Gasteiger partial charge in [-0.15, -0.1) is 0 Å². The number of carbonyl (C=O) groups is 2. The number of pyridine rings is 1. The molecule has 3 aromatic rings. The molecule has 1 aromatic carbocycles. The van der Waals surface area contributed by atoms with Crippen molar-refractivity contribution in [3.05, 3.63) is 71.7 Å². The van der Waals surface area contributed by atoms with E-state index in [0.717, 1.165) is 29.8 Å². The van der Waals surface area contributed by atoms with Crippen molar-refractivity contribution in [2.45, 2.75) is 26.7 Å². The number of hydrogen-bond donors (Lipinski definition) is 1. The molecule has 1 atom stereocenters. The summed E-state index contributed by atoms with van der Waals surface area (Å²) in [7, 11) is 0. The highest BCUT2D eigenvalue weighted by Gasteiger charge is 2.29. The number of rotatable bonds is 4. The van der Waals surface area contributed by atoms with Crippen LogP contribution in [0.15, 0.2) is 54.9 Å². The van der Waals surface area contributed by atoms with E-state index in [1.165, 1.54) is 0 Å². The second kappa shape index (κ2) is 8.49. The molecule has 1 aliphatic rings. The molecule has 0 saturated carbocycles. The number of nitrogens with one attached hydrogen (secondary N) is 1. The molecular weight excluding hydrogens is 378 g/mol. The second-order valence-corrected chi connectivity index (χ2v) is 7.68. The fourth-order valence-corrected chi connectivity index (χ4v) is 3.78. The summed E-state index contributed by atoms with van der Waals surface area (Å²) in [4.78, 5) is 31.7. The summed E-state index contributed by atoms with van der Waals surface area (Å²) in [6.07, 6.45) is 4.97. The summed E-state index contributed by atoms with van der Waals surface area (Å²) in [6, 6.07) is 13.1. The molecule has 1 saturated heterocycles. The van der Waals surface area contributed by atoms with E-state index in [2.05, 4.69) is 15.4 Å². The lowest BCUT2D eigenvalue weighted by Gasteiger charge is -2.32. The number of aryl methyl sites for hydroxylation is 2. The summed E-state index contributed by atoms with van der Waals surface area (Å²) in [5.41, 5.74) is 3.48. The van der Waals surface area contributed by atoms with Crippen molar-refractivity contribution in [2.75, 3.05) is 18.4 Å². The first-order valence-electron chi connectivity index (χ1n) is 10.2. The van der Waals surface area contributed by atoms with E-state index in [1.807, 2.05) is 61.0 Å². The SMILES string of the molecule is Cc1cccnc1NC(=O)C1CCCN(C(=O)c2ccc(-n3nccc3C)cc2)C1. The van der Waals surface area contributed by atoms with E-state index in [9.17, 15) is 9.59 Å². The van der Waals surface area contributed by atoms with Crippen molar-refractivity contribution < 1.29 is 9.59 Å². The van der Waals surface area contributed by atoms with Gasteiger partial charge in [0, 0.05) is 36.7 Å². The van der Waals surface area contributed by atoms with Crippen molar-refractivity contribution in [3.8, 4) is 5.69 Å². The van der Waals surface area contributed by atoms with Gasteiger partial charge in [0.05, 0.1) is 11.6 Å². The minimum absolute atomic E-state index is 0.0507.